The molecule has 0 aromatic heterocycles. The van der Waals surface area contributed by atoms with Gasteiger partial charge >= 0.3 is 0 Å². The van der Waals surface area contributed by atoms with Gasteiger partial charge in [0.25, 0.3) is 0 Å². The molecule has 2 aromatic carbocycles. The molecule has 3 N–H and O–H groups in total. The van der Waals surface area contributed by atoms with Gasteiger partial charge in [0.15, 0.2) is 0 Å². The van der Waals surface area contributed by atoms with E-state index in [1.807, 2.05) is 44.2 Å². The first-order chi connectivity index (χ1) is 8.60. The average Bonchev–Trinajstić information content (AvgIpc) is 2.36. The number of hydrogen-bond acceptors (Lipinski definition) is 3. The summed E-state index contributed by atoms with van der Waals surface area (Å²) in [6, 6.07) is 13.5. The van der Waals surface area contributed by atoms with E-state index in [1.54, 1.807) is 6.07 Å². The Hall–Kier alpha value is -2.47. The number of benzene rings is 2. The lowest BCUT2D eigenvalue weighted by atomic mass is 10.1. The molecule has 0 saturated carbocycles. The number of nitrogen functional groups attached to an aromatic ring is 1. The second-order valence-electron chi connectivity index (χ2n) is 4.36. The molecule has 90 valence electrons. The Labute approximate surface area is 107 Å². The number of nitrogens with zero attached hydrogens (tertiary/aromatic N) is 1. The molecule has 0 spiro atoms. The lowest BCUT2D eigenvalue weighted by Gasteiger charge is -2.12. The summed E-state index contributed by atoms with van der Waals surface area (Å²) in [5.74, 6) is 0. The van der Waals surface area contributed by atoms with E-state index < -0.39 is 0 Å². The molecule has 2 rings (SSSR count). The van der Waals surface area contributed by atoms with Gasteiger partial charge in [-0.3, -0.25) is 0 Å². The fraction of sp³-hybridized carbons (Fsp3) is 0.133. The molecular formula is C15H15N3. The molecule has 0 fully saturated rings. The van der Waals surface area contributed by atoms with Crippen LogP contribution in [0, 0.1) is 25.2 Å². The molecule has 0 unspecified atom stereocenters. The predicted molar refractivity (Wildman–Crippen MR) is 74.8 cm³/mol. The molecule has 18 heavy (non-hydrogen) atoms. The molecule has 0 aliphatic carbocycles. The number of rotatable bonds is 2. The summed E-state index contributed by atoms with van der Waals surface area (Å²) < 4.78 is 0. The topological polar surface area (TPSA) is 61.8 Å². The maximum absolute atomic E-state index is 8.92. The van der Waals surface area contributed by atoms with Crippen molar-refractivity contribution in [3.63, 3.8) is 0 Å². The van der Waals surface area contributed by atoms with Crippen LogP contribution in [0.15, 0.2) is 36.4 Å². The maximum atomic E-state index is 8.92. The van der Waals surface area contributed by atoms with Crippen molar-refractivity contribution in [2.45, 2.75) is 13.8 Å². The number of aryl methyl sites for hydroxylation is 2. The largest absolute Gasteiger partial charge is 0.397 e. The van der Waals surface area contributed by atoms with E-state index in [4.69, 9.17) is 11.0 Å². The highest BCUT2D eigenvalue weighted by molar-refractivity contribution is 5.75. The smallest absolute Gasteiger partial charge is 0.0992 e. The van der Waals surface area contributed by atoms with Crippen LogP contribution < -0.4 is 11.1 Å². The third kappa shape index (κ3) is 2.44. The monoisotopic (exact) mass is 237 g/mol. The summed E-state index contributed by atoms with van der Waals surface area (Å²) in [5.41, 5.74) is 11.3. The van der Waals surface area contributed by atoms with Gasteiger partial charge in [0.2, 0.25) is 0 Å². The van der Waals surface area contributed by atoms with E-state index in [-0.39, 0.29) is 0 Å². The van der Waals surface area contributed by atoms with Gasteiger partial charge in [0, 0.05) is 5.69 Å². The molecule has 0 aliphatic heterocycles. The molecule has 0 bridgehead atoms. The minimum absolute atomic E-state index is 0.634. The summed E-state index contributed by atoms with van der Waals surface area (Å²) in [4.78, 5) is 0. The summed E-state index contributed by atoms with van der Waals surface area (Å²) in [7, 11) is 0. The van der Waals surface area contributed by atoms with E-state index in [0.717, 1.165) is 22.5 Å². The number of hydrogen-bond donors (Lipinski definition) is 2. The zero-order valence-electron chi connectivity index (χ0n) is 10.5. The molecule has 2 aromatic rings. The van der Waals surface area contributed by atoms with Crippen LogP contribution in [0.1, 0.15) is 16.7 Å². The third-order valence-electron chi connectivity index (χ3n) is 2.84. The lowest BCUT2D eigenvalue weighted by Crippen LogP contribution is -1.98. The predicted octanol–water partition coefficient (Wildman–Crippen LogP) is 3.50. The highest BCUT2D eigenvalue weighted by Gasteiger charge is 2.04. The number of nitrogens with two attached hydrogens (primary N) is 1. The molecule has 0 amide bonds. The van der Waals surface area contributed by atoms with Crippen molar-refractivity contribution in [2.75, 3.05) is 11.1 Å². The highest BCUT2D eigenvalue weighted by atomic mass is 14.9. The SMILES string of the molecule is Cc1ccc(N)c(Nc2cc(C#N)ccc2C)c1. The molecule has 0 aliphatic rings. The minimum Gasteiger partial charge on any atom is -0.397 e. The zero-order chi connectivity index (χ0) is 13.1. The van der Waals surface area contributed by atoms with Crippen LogP contribution in [0.5, 0.6) is 0 Å². The van der Waals surface area contributed by atoms with Crippen LogP contribution in [0.2, 0.25) is 0 Å². The standard InChI is InChI=1S/C15H15N3/c1-10-3-6-13(17)15(7-10)18-14-8-12(9-16)5-4-11(14)2/h3-8,18H,17H2,1-2H3. The van der Waals surface area contributed by atoms with E-state index in [2.05, 4.69) is 11.4 Å². The summed E-state index contributed by atoms with van der Waals surface area (Å²) in [6.45, 7) is 4.01. The quantitative estimate of drug-likeness (QED) is 0.786. The Kier molecular flexibility index (Phi) is 3.20. The van der Waals surface area contributed by atoms with E-state index in [1.165, 1.54) is 0 Å². The Bertz CT molecular complexity index is 624. The molecule has 3 nitrogen and oxygen atoms in total. The third-order valence-corrected chi connectivity index (χ3v) is 2.84. The second kappa shape index (κ2) is 4.80. The first kappa shape index (κ1) is 12.0. The van der Waals surface area contributed by atoms with Gasteiger partial charge in [-0.15, -0.1) is 0 Å². The average molecular weight is 237 g/mol. The Balaban J connectivity index is 2.39. The fourth-order valence-electron chi connectivity index (χ4n) is 1.75. The summed E-state index contributed by atoms with van der Waals surface area (Å²) in [5, 5.41) is 12.2. The summed E-state index contributed by atoms with van der Waals surface area (Å²) in [6.07, 6.45) is 0. The number of nitrogens with one attached hydrogen (secondary N) is 1. The van der Waals surface area contributed by atoms with Crippen LogP contribution in [-0.2, 0) is 0 Å². The maximum Gasteiger partial charge on any atom is 0.0992 e. The summed E-state index contributed by atoms with van der Waals surface area (Å²) >= 11 is 0. The van der Waals surface area contributed by atoms with E-state index in [0.29, 0.717) is 11.3 Å². The Morgan fingerprint density at radius 1 is 1.06 bits per heavy atom. The second-order valence-corrected chi connectivity index (χ2v) is 4.36. The van der Waals surface area contributed by atoms with Gasteiger partial charge in [0.05, 0.1) is 23.0 Å². The Morgan fingerprint density at radius 2 is 1.83 bits per heavy atom. The van der Waals surface area contributed by atoms with Crippen molar-refractivity contribution >= 4 is 17.1 Å². The molecule has 3 heteroatoms. The van der Waals surface area contributed by atoms with Crippen LogP contribution in [0.4, 0.5) is 17.1 Å². The van der Waals surface area contributed by atoms with Crippen LogP contribution in [0.25, 0.3) is 0 Å². The zero-order valence-corrected chi connectivity index (χ0v) is 10.5. The molecule has 0 heterocycles. The van der Waals surface area contributed by atoms with Crippen molar-refractivity contribution in [2.24, 2.45) is 0 Å². The normalized spacial score (nSPS) is 9.83. The van der Waals surface area contributed by atoms with Crippen molar-refractivity contribution in [3.8, 4) is 6.07 Å². The van der Waals surface area contributed by atoms with Crippen LogP contribution >= 0.6 is 0 Å². The van der Waals surface area contributed by atoms with Gasteiger partial charge in [-0.1, -0.05) is 12.1 Å². The van der Waals surface area contributed by atoms with E-state index in [9.17, 15) is 0 Å². The lowest BCUT2D eigenvalue weighted by molar-refractivity contribution is 1.39. The number of nitriles is 1. The van der Waals surface area contributed by atoms with Gasteiger partial charge < -0.3 is 11.1 Å². The van der Waals surface area contributed by atoms with Gasteiger partial charge in [-0.05, 0) is 49.2 Å². The first-order valence-corrected chi connectivity index (χ1v) is 5.74. The molecule has 0 atom stereocenters. The van der Waals surface area contributed by atoms with Gasteiger partial charge in [-0.25, -0.2) is 0 Å². The van der Waals surface area contributed by atoms with Crippen molar-refractivity contribution in [3.05, 3.63) is 53.1 Å². The van der Waals surface area contributed by atoms with Crippen molar-refractivity contribution in [1.82, 2.24) is 0 Å². The van der Waals surface area contributed by atoms with E-state index >= 15 is 0 Å². The molecule has 0 radical (unpaired) electrons. The van der Waals surface area contributed by atoms with Gasteiger partial charge in [0.1, 0.15) is 0 Å². The first-order valence-electron chi connectivity index (χ1n) is 5.74. The number of anilines is 3. The Morgan fingerprint density at radius 3 is 2.56 bits per heavy atom. The van der Waals surface area contributed by atoms with Crippen molar-refractivity contribution in [1.29, 1.82) is 5.26 Å². The van der Waals surface area contributed by atoms with Crippen LogP contribution in [-0.4, -0.2) is 0 Å². The molecule has 0 saturated heterocycles. The minimum atomic E-state index is 0.634. The molecular weight excluding hydrogens is 222 g/mol. The van der Waals surface area contributed by atoms with Gasteiger partial charge in [-0.2, -0.15) is 5.26 Å². The van der Waals surface area contributed by atoms with Crippen LogP contribution in [0.3, 0.4) is 0 Å². The van der Waals surface area contributed by atoms with Crippen molar-refractivity contribution < 1.29 is 0 Å². The highest BCUT2D eigenvalue weighted by Crippen LogP contribution is 2.26. The fourth-order valence-corrected chi connectivity index (χ4v) is 1.75.